The van der Waals surface area contributed by atoms with Gasteiger partial charge in [0.1, 0.15) is 11.6 Å². The molecule has 0 saturated carbocycles. The van der Waals surface area contributed by atoms with Crippen LogP contribution in [-0.2, 0) is 4.74 Å². The second-order valence-electron chi connectivity index (χ2n) is 3.82. The summed E-state index contributed by atoms with van der Waals surface area (Å²) in [6.07, 6.45) is 1.96. The van der Waals surface area contributed by atoms with Crippen molar-refractivity contribution in [2.45, 2.75) is 12.1 Å². The van der Waals surface area contributed by atoms with Crippen molar-refractivity contribution in [3.05, 3.63) is 6.07 Å². The fourth-order valence-corrected chi connectivity index (χ4v) is 1.74. The molecule has 0 aliphatic heterocycles. The Morgan fingerprint density at radius 2 is 2.12 bits per heavy atom. The third kappa shape index (κ3) is 4.79. The standard InChI is InChI=1S/C11H20N4OS/c1-8(7-16-3)6-13-10-5-9(12-2)14-11(15-10)17-4/h5,8H,6-7H2,1-4H3,(H2,12,13,14,15). The molecule has 0 aromatic carbocycles. The van der Waals surface area contributed by atoms with Gasteiger partial charge >= 0.3 is 0 Å². The van der Waals surface area contributed by atoms with Crippen molar-refractivity contribution in [2.24, 2.45) is 5.92 Å². The Labute approximate surface area is 107 Å². The number of thioether (sulfide) groups is 1. The van der Waals surface area contributed by atoms with Crippen molar-refractivity contribution < 1.29 is 4.74 Å². The second-order valence-corrected chi connectivity index (χ2v) is 4.59. The molecule has 0 spiro atoms. The molecule has 6 heteroatoms. The summed E-state index contributed by atoms with van der Waals surface area (Å²) in [7, 11) is 3.57. The monoisotopic (exact) mass is 256 g/mol. The van der Waals surface area contributed by atoms with Crippen molar-refractivity contribution >= 4 is 23.4 Å². The minimum atomic E-state index is 0.450. The summed E-state index contributed by atoms with van der Waals surface area (Å²) in [6, 6.07) is 1.90. The van der Waals surface area contributed by atoms with E-state index >= 15 is 0 Å². The fraction of sp³-hybridized carbons (Fsp3) is 0.636. The summed E-state index contributed by atoms with van der Waals surface area (Å²) in [5.41, 5.74) is 0. The number of anilines is 2. The Morgan fingerprint density at radius 1 is 1.41 bits per heavy atom. The van der Waals surface area contributed by atoms with E-state index in [1.54, 1.807) is 7.11 Å². The van der Waals surface area contributed by atoms with Crippen molar-refractivity contribution in [1.29, 1.82) is 0 Å². The SMILES string of the molecule is CNc1cc(NCC(C)COC)nc(SC)n1. The van der Waals surface area contributed by atoms with Gasteiger partial charge in [0.15, 0.2) is 5.16 Å². The van der Waals surface area contributed by atoms with Gasteiger partial charge in [-0.2, -0.15) is 0 Å². The summed E-state index contributed by atoms with van der Waals surface area (Å²) >= 11 is 1.53. The fourth-order valence-electron chi connectivity index (χ4n) is 1.36. The number of methoxy groups -OCH3 is 1. The van der Waals surface area contributed by atoms with Gasteiger partial charge in [-0.05, 0) is 12.2 Å². The zero-order chi connectivity index (χ0) is 12.7. The molecule has 0 amide bonds. The molecular formula is C11H20N4OS. The summed E-state index contributed by atoms with van der Waals surface area (Å²) < 4.78 is 5.09. The third-order valence-electron chi connectivity index (χ3n) is 2.23. The molecule has 2 N–H and O–H groups in total. The molecule has 5 nitrogen and oxygen atoms in total. The largest absolute Gasteiger partial charge is 0.384 e. The van der Waals surface area contributed by atoms with E-state index in [2.05, 4.69) is 27.5 Å². The van der Waals surface area contributed by atoms with E-state index in [9.17, 15) is 0 Å². The summed E-state index contributed by atoms with van der Waals surface area (Å²) in [5, 5.41) is 7.08. The van der Waals surface area contributed by atoms with E-state index in [1.165, 1.54) is 11.8 Å². The molecule has 0 bridgehead atoms. The van der Waals surface area contributed by atoms with Gasteiger partial charge in [0.05, 0.1) is 6.61 Å². The molecule has 96 valence electrons. The van der Waals surface area contributed by atoms with Gasteiger partial charge < -0.3 is 15.4 Å². The molecule has 0 aliphatic rings. The molecule has 17 heavy (non-hydrogen) atoms. The average molecular weight is 256 g/mol. The van der Waals surface area contributed by atoms with Gasteiger partial charge in [0.2, 0.25) is 0 Å². The van der Waals surface area contributed by atoms with Crippen molar-refractivity contribution in [1.82, 2.24) is 9.97 Å². The zero-order valence-corrected chi connectivity index (χ0v) is 11.6. The van der Waals surface area contributed by atoms with Crippen LogP contribution in [0, 0.1) is 5.92 Å². The van der Waals surface area contributed by atoms with Crippen LogP contribution in [0.3, 0.4) is 0 Å². The van der Waals surface area contributed by atoms with Crippen molar-refractivity contribution in [3.8, 4) is 0 Å². The molecule has 1 rings (SSSR count). The molecule has 1 aromatic heterocycles. The maximum atomic E-state index is 5.09. The maximum Gasteiger partial charge on any atom is 0.191 e. The van der Waals surface area contributed by atoms with Crippen LogP contribution in [-0.4, -0.2) is 43.5 Å². The van der Waals surface area contributed by atoms with E-state index < -0.39 is 0 Å². The van der Waals surface area contributed by atoms with Crippen molar-refractivity contribution in [3.63, 3.8) is 0 Å². The third-order valence-corrected chi connectivity index (χ3v) is 2.77. The number of hydrogen-bond acceptors (Lipinski definition) is 6. The predicted octanol–water partition coefficient (Wildman–Crippen LogP) is 1.93. The van der Waals surface area contributed by atoms with E-state index in [-0.39, 0.29) is 0 Å². The lowest BCUT2D eigenvalue weighted by atomic mass is 10.2. The highest BCUT2D eigenvalue weighted by Gasteiger charge is 2.05. The first-order chi connectivity index (χ1) is 8.19. The van der Waals surface area contributed by atoms with Crippen LogP contribution >= 0.6 is 11.8 Å². The second kappa shape index (κ2) is 7.34. The number of rotatable bonds is 7. The maximum absolute atomic E-state index is 5.09. The normalized spacial score (nSPS) is 12.2. The molecule has 0 radical (unpaired) electrons. The molecular weight excluding hydrogens is 236 g/mol. The molecule has 0 fully saturated rings. The minimum Gasteiger partial charge on any atom is -0.384 e. The molecule has 1 heterocycles. The molecule has 0 aliphatic carbocycles. The van der Waals surface area contributed by atoms with Crippen LogP contribution in [0.5, 0.6) is 0 Å². The Bertz CT molecular complexity index is 326. The number of nitrogens with zero attached hydrogens (tertiary/aromatic N) is 2. The van der Waals surface area contributed by atoms with Crippen LogP contribution in [0.2, 0.25) is 0 Å². The van der Waals surface area contributed by atoms with Crippen LogP contribution in [0.25, 0.3) is 0 Å². The van der Waals surface area contributed by atoms with E-state index in [0.29, 0.717) is 5.92 Å². The topological polar surface area (TPSA) is 59.1 Å². The lowest BCUT2D eigenvalue weighted by Gasteiger charge is -2.13. The molecule has 1 atom stereocenters. The minimum absolute atomic E-state index is 0.450. The smallest absolute Gasteiger partial charge is 0.191 e. The van der Waals surface area contributed by atoms with Crippen molar-refractivity contribution in [2.75, 3.05) is 44.2 Å². The highest BCUT2D eigenvalue weighted by atomic mass is 32.2. The summed E-state index contributed by atoms with van der Waals surface area (Å²) in [4.78, 5) is 8.70. The first-order valence-electron chi connectivity index (χ1n) is 5.53. The number of ether oxygens (including phenoxy) is 1. The van der Waals surface area contributed by atoms with Gasteiger partial charge in [-0.15, -0.1) is 0 Å². The Kier molecular flexibility index (Phi) is 6.07. The van der Waals surface area contributed by atoms with Gasteiger partial charge in [-0.3, -0.25) is 0 Å². The van der Waals surface area contributed by atoms with Crippen LogP contribution < -0.4 is 10.6 Å². The number of aromatic nitrogens is 2. The average Bonchev–Trinajstić information content (AvgIpc) is 2.36. The Balaban J connectivity index is 2.63. The number of nitrogens with one attached hydrogen (secondary N) is 2. The summed E-state index contributed by atoms with van der Waals surface area (Å²) in [5.74, 6) is 2.12. The lowest BCUT2D eigenvalue weighted by molar-refractivity contribution is 0.164. The Morgan fingerprint density at radius 3 is 2.71 bits per heavy atom. The summed E-state index contributed by atoms with van der Waals surface area (Å²) in [6.45, 7) is 3.71. The van der Waals surface area contributed by atoms with Crippen LogP contribution in [0.1, 0.15) is 6.92 Å². The van der Waals surface area contributed by atoms with Gasteiger partial charge in [0, 0.05) is 26.8 Å². The van der Waals surface area contributed by atoms with Crippen LogP contribution in [0.4, 0.5) is 11.6 Å². The lowest BCUT2D eigenvalue weighted by Crippen LogP contribution is -2.16. The number of hydrogen-bond donors (Lipinski definition) is 2. The van der Waals surface area contributed by atoms with E-state index in [4.69, 9.17) is 4.74 Å². The Hall–Kier alpha value is -1.01. The molecule has 1 unspecified atom stereocenters. The first-order valence-corrected chi connectivity index (χ1v) is 6.75. The zero-order valence-electron chi connectivity index (χ0n) is 10.8. The van der Waals surface area contributed by atoms with Gasteiger partial charge in [0.25, 0.3) is 0 Å². The van der Waals surface area contributed by atoms with Crippen LogP contribution in [0.15, 0.2) is 11.2 Å². The quantitative estimate of drug-likeness (QED) is 0.574. The highest BCUT2D eigenvalue weighted by molar-refractivity contribution is 7.98. The van der Waals surface area contributed by atoms with E-state index in [0.717, 1.165) is 29.9 Å². The molecule has 0 saturated heterocycles. The molecule has 1 aromatic rings. The van der Waals surface area contributed by atoms with Gasteiger partial charge in [-0.1, -0.05) is 18.7 Å². The van der Waals surface area contributed by atoms with E-state index in [1.807, 2.05) is 19.4 Å². The highest BCUT2D eigenvalue weighted by Crippen LogP contribution is 2.17. The first kappa shape index (κ1) is 14.1. The predicted molar refractivity (Wildman–Crippen MR) is 72.9 cm³/mol. The van der Waals surface area contributed by atoms with Gasteiger partial charge in [-0.25, -0.2) is 9.97 Å².